The third-order valence-corrected chi connectivity index (χ3v) is 1.73. The summed E-state index contributed by atoms with van der Waals surface area (Å²) < 4.78 is 0. The molecule has 1 aliphatic heterocycles. The predicted molar refractivity (Wildman–Crippen MR) is 44.4 cm³/mol. The van der Waals surface area contributed by atoms with Gasteiger partial charge in [-0.25, -0.2) is 0 Å². The zero-order valence-corrected chi connectivity index (χ0v) is 6.80. The Balaban J connectivity index is 2.32. The molecule has 0 aromatic carbocycles. The molecule has 4 nitrogen and oxygen atoms in total. The summed E-state index contributed by atoms with van der Waals surface area (Å²) >= 11 is 0. The Labute approximate surface area is 71.0 Å². The van der Waals surface area contributed by atoms with Gasteiger partial charge < -0.3 is 10.6 Å². The number of hydrogen-bond acceptors (Lipinski definition) is 2. The molecule has 0 saturated carbocycles. The van der Waals surface area contributed by atoms with Crippen LogP contribution in [0.1, 0.15) is 12.8 Å². The highest BCUT2D eigenvalue weighted by Crippen LogP contribution is 2.05. The molecular weight excluding hydrogens is 156 g/mol. The van der Waals surface area contributed by atoms with Gasteiger partial charge in [-0.15, -0.1) is 6.58 Å². The summed E-state index contributed by atoms with van der Waals surface area (Å²) in [6.07, 6.45) is 2.66. The van der Waals surface area contributed by atoms with E-state index in [2.05, 4.69) is 17.2 Å². The molecule has 1 unspecified atom stereocenters. The molecule has 4 heteroatoms. The molecule has 2 N–H and O–H groups in total. The number of rotatable bonds is 3. The van der Waals surface area contributed by atoms with Crippen molar-refractivity contribution in [3.63, 3.8) is 0 Å². The fourth-order valence-electron chi connectivity index (χ4n) is 1.11. The third-order valence-electron chi connectivity index (χ3n) is 1.73. The van der Waals surface area contributed by atoms with E-state index in [-0.39, 0.29) is 17.9 Å². The van der Waals surface area contributed by atoms with Gasteiger partial charge >= 0.3 is 0 Å². The van der Waals surface area contributed by atoms with Gasteiger partial charge in [-0.1, -0.05) is 6.08 Å². The lowest BCUT2D eigenvalue weighted by atomic mass is 10.2. The fraction of sp³-hybridized carbons (Fsp3) is 0.500. The van der Waals surface area contributed by atoms with Gasteiger partial charge in [-0.2, -0.15) is 0 Å². The summed E-state index contributed by atoms with van der Waals surface area (Å²) in [5, 5.41) is 5.20. The Morgan fingerprint density at radius 3 is 3.08 bits per heavy atom. The largest absolute Gasteiger partial charge is 0.351 e. The zero-order valence-electron chi connectivity index (χ0n) is 6.80. The molecule has 12 heavy (non-hydrogen) atoms. The topological polar surface area (TPSA) is 58.2 Å². The van der Waals surface area contributed by atoms with Crippen molar-refractivity contribution < 1.29 is 9.59 Å². The molecule has 66 valence electrons. The van der Waals surface area contributed by atoms with E-state index in [0.717, 1.165) is 0 Å². The second-order valence-corrected chi connectivity index (χ2v) is 2.69. The number of carbonyl (C=O) groups is 2. The molecule has 1 heterocycles. The van der Waals surface area contributed by atoms with Gasteiger partial charge in [-0.3, -0.25) is 9.59 Å². The fourth-order valence-corrected chi connectivity index (χ4v) is 1.11. The third kappa shape index (κ3) is 2.08. The Kier molecular flexibility index (Phi) is 2.85. The van der Waals surface area contributed by atoms with Crippen molar-refractivity contribution in [2.75, 3.05) is 6.54 Å². The second kappa shape index (κ2) is 3.90. The normalized spacial score (nSPS) is 21.7. The zero-order chi connectivity index (χ0) is 8.97. The maximum Gasteiger partial charge on any atom is 0.242 e. The van der Waals surface area contributed by atoms with Crippen molar-refractivity contribution >= 4 is 11.8 Å². The molecule has 0 spiro atoms. The summed E-state index contributed by atoms with van der Waals surface area (Å²) in [5.41, 5.74) is 0. The molecule has 0 bridgehead atoms. The summed E-state index contributed by atoms with van der Waals surface area (Å²) in [5.74, 6) is -0.172. The summed E-state index contributed by atoms with van der Waals surface area (Å²) in [6.45, 7) is 3.92. The minimum Gasteiger partial charge on any atom is -0.351 e. The van der Waals surface area contributed by atoms with E-state index in [1.807, 2.05) is 0 Å². The van der Waals surface area contributed by atoms with E-state index in [0.29, 0.717) is 19.4 Å². The smallest absolute Gasteiger partial charge is 0.242 e. The second-order valence-electron chi connectivity index (χ2n) is 2.69. The molecule has 1 fully saturated rings. The van der Waals surface area contributed by atoms with Crippen molar-refractivity contribution in [1.82, 2.24) is 10.6 Å². The first-order valence-electron chi connectivity index (χ1n) is 3.92. The molecular formula is C8H12N2O2. The SMILES string of the molecule is C=CCNC(=O)C1CCC(=O)N1. The van der Waals surface area contributed by atoms with Crippen LogP contribution in [0.15, 0.2) is 12.7 Å². The van der Waals surface area contributed by atoms with E-state index in [1.165, 1.54) is 0 Å². The van der Waals surface area contributed by atoms with Crippen LogP contribution in [0.3, 0.4) is 0 Å². The van der Waals surface area contributed by atoms with E-state index in [4.69, 9.17) is 0 Å². The molecule has 0 radical (unpaired) electrons. The lowest BCUT2D eigenvalue weighted by molar-refractivity contribution is -0.125. The molecule has 1 saturated heterocycles. The minimum absolute atomic E-state index is 0.0475. The molecule has 0 aromatic heterocycles. The van der Waals surface area contributed by atoms with Gasteiger partial charge in [0, 0.05) is 13.0 Å². The average Bonchev–Trinajstić information content (AvgIpc) is 2.47. The van der Waals surface area contributed by atoms with Crippen molar-refractivity contribution in [1.29, 1.82) is 0 Å². The minimum atomic E-state index is -0.336. The van der Waals surface area contributed by atoms with Gasteiger partial charge in [-0.05, 0) is 6.42 Å². The Bertz CT molecular complexity index is 213. The predicted octanol–water partition coefficient (Wildman–Crippen LogP) is -0.433. The van der Waals surface area contributed by atoms with Crippen LogP contribution < -0.4 is 10.6 Å². The van der Waals surface area contributed by atoms with Crippen LogP contribution in [0.4, 0.5) is 0 Å². The maximum atomic E-state index is 11.2. The highest BCUT2D eigenvalue weighted by molar-refractivity contribution is 5.90. The molecule has 0 aliphatic carbocycles. The summed E-state index contributed by atoms with van der Waals surface area (Å²) in [6, 6.07) is -0.336. The van der Waals surface area contributed by atoms with E-state index in [1.54, 1.807) is 6.08 Å². The summed E-state index contributed by atoms with van der Waals surface area (Å²) in [4.78, 5) is 21.9. The number of amides is 2. The first kappa shape index (κ1) is 8.77. The summed E-state index contributed by atoms with van der Waals surface area (Å²) in [7, 11) is 0. The number of hydrogen-bond donors (Lipinski definition) is 2. The molecule has 1 rings (SSSR count). The van der Waals surface area contributed by atoms with Crippen LogP contribution in [0.25, 0.3) is 0 Å². The van der Waals surface area contributed by atoms with Crippen LogP contribution in [0.5, 0.6) is 0 Å². The van der Waals surface area contributed by atoms with Crippen LogP contribution >= 0.6 is 0 Å². The van der Waals surface area contributed by atoms with Gasteiger partial charge in [0.2, 0.25) is 11.8 Å². The maximum absolute atomic E-state index is 11.2. The van der Waals surface area contributed by atoms with Crippen LogP contribution in [0.2, 0.25) is 0 Å². The first-order valence-corrected chi connectivity index (χ1v) is 3.92. The van der Waals surface area contributed by atoms with Gasteiger partial charge in [0.15, 0.2) is 0 Å². The molecule has 0 aromatic rings. The van der Waals surface area contributed by atoms with Crippen LogP contribution in [-0.2, 0) is 9.59 Å². The monoisotopic (exact) mass is 168 g/mol. The molecule has 1 atom stereocenters. The quantitative estimate of drug-likeness (QED) is 0.562. The highest BCUT2D eigenvalue weighted by atomic mass is 16.2. The van der Waals surface area contributed by atoms with Gasteiger partial charge in [0.1, 0.15) is 6.04 Å². The number of nitrogens with one attached hydrogen (secondary N) is 2. The van der Waals surface area contributed by atoms with Crippen molar-refractivity contribution in [2.24, 2.45) is 0 Å². The first-order chi connectivity index (χ1) is 5.74. The van der Waals surface area contributed by atoms with E-state index >= 15 is 0 Å². The van der Waals surface area contributed by atoms with Gasteiger partial charge in [0.05, 0.1) is 0 Å². The van der Waals surface area contributed by atoms with E-state index in [9.17, 15) is 9.59 Å². The van der Waals surface area contributed by atoms with Crippen LogP contribution in [-0.4, -0.2) is 24.4 Å². The average molecular weight is 168 g/mol. The van der Waals surface area contributed by atoms with E-state index < -0.39 is 0 Å². The lowest BCUT2D eigenvalue weighted by Crippen LogP contribution is -2.41. The Morgan fingerprint density at radius 2 is 2.58 bits per heavy atom. The standard InChI is InChI=1S/C8H12N2O2/c1-2-5-9-8(12)6-3-4-7(11)10-6/h2,6H,1,3-5H2,(H,9,12)(H,10,11). The highest BCUT2D eigenvalue weighted by Gasteiger charge is 2.26. The van der Waals surface area contributed by atoms with Crippen molar-refractivity contribution in [3.8, 4) is 0 Å². The Morgan fingerprint density at radius 1 is 1.83 bits per heavy atom. The van der Waals surface area contributed by atoms with Gasteiger partial charge in [0.25, 0.3) is 0 Å². The number of carbonyl (C=O) groups excluding carboxylic acids is 2. The van der Waals surface area contributed by atoms with Crippen LogP contribution in [0, 0.1) is 0 Å². The molecule has 1 aliphatic rings. The van der Waals surface area contributed by atoms with Crippen molar-refractivity contribution in [2.45, 2.75) is 18.9 Å². The lowest BCUT2D eigenvalue weighted by Gasteiger charge is -2.08. The van der Waals surface area contributed by atoms with Crippen molar-refractivity contribution in [3.05, 3.63) is 12.7 Å². The Hall–Kier alpha value is -1.32. The molecule has 2 amide bonds.